The van der Waals surface area contributed by atoms with Crippen LogP contribution in [-0.2, 0) is 0 Å². The number of pyridine rings is 1. The Labute approximate surface area is 123 Å². The van der Waals surface area contributed by atoms with E-state index >= 15 is 0 Å². The number of aromatic nitrogens is 1. The summed E-state index contributed by atoms with van der Waals surface area (Å²) in [6, 6.07) is 6.67. The van der Waals surface area contributed by atoms with Crippen molar-refractivity contribution in [3.63, 3.8) is 0 Å². The Morgan fingerprint density at radius 1 is 1.42 bits per heavy atom. The first-order chi connectivity index (χ1) is 9.11. The summed E-state index contributed by atoms with van der Waals surface area (Å²) in [5, 5.41) is 3.14. The third kappa shape index (κ3) is 3.24. The molecule has 0 spiro atoms. The predicted molar refractivity (Wildman–Crippen MR) is 77.9 cm³/mol. The van der Waals surface area contributed by atoms with Gasteiger partial charge in [0.1, 0.15) is 5.75 Å². The maximum atomic E-state index is 12.1. The first-order valence-corrected chi connectivity index (χ1v) is 6.53. The SMILES string of the molecule is COc1ccc(C(=O)Nc2cnccc2Cl)cc1Br. The van der Waals surface area contributed by atoms with E-state index in [4.69, 9.17) is 16.3 Å². The number of amides is 1. The van der Waals surface area contributed by atoms with Crippen LogP contribution >= 0.6 is 27.5 Å². The zero-order valence-corrected chi connectivity index (χ0v) is 12.3. The first-order valence-electron chi connectivity index (χ1n) is 5.36. The van der Waals surface area contributed by atoms with Crippen LogP contribution in [0.5, 0.6) is 5.75 Å². The number of nitrogens with one attached hydrogen (secondary N) is 1. The lowest BCUT2D eigenvalue weighted by molar-refractivity contribution is 0.102. The standard InChI is InChI=1S/C13H10BrClN2O2/c1-19-12-3-2-8(6-9(12)14)13(18)17-11-7-16-5-4-10(11)15/h2-7H,1H3,(H,17,18). The molecule has 1 aromatic heterocycles. The third-order valence-electron chi connectivity index (χ3n) is 2.43. The molecule has 0 aliphatic rings. The summed E-state index contributed by atoms with van der Waals surface area (Å²) in [7, 11) is 1.56. The maximum Gasteiger partial charge on any atom is 0.255 e. The molecule has 2 aromatic rings. The molecule has 0 aliphatic heterocycles. The molecule has 2 rings (SSSR count). The summed E-state index contributed by atoms with van der Waals surface area (Å²) in [4.78, 5) is 16.0. The molecule has 0 saturated carbocycles. The van der Waals surface area contributed by atoms with Gasteiger partial charge in [-0.15, -0.1) is 0 Å². The minimum absolute atomic E-state index is 0.266. The van der Waals surface area contributed by atoms with Crippen molar-refractivity contribution in [3.8, 4) is 5.75 Å². The summed E-state index contributed by atoms with van der Waals surface area (Å²) in [6.07, 6.45) is 3.06. The van der Waals surface area contributed by atoms with Gasteiger partial charge in [0.15, 0.2) is 0 Å². The molecule has 6 heteroatoms. The largest absolute Gasteiger partial charge is 0.496 e. The number of nitrogens with zero attached hydrogens (tertiary/aromatic N) is 1. The zero-order valence-electron chi connectivity index (χ0n) is 9.98. The van der Waals surface area contributed by atoms with Gasteiger partial charge in [-0.25, -0.2) is 0 Å². The van der Waals surface area contributed by atoms with Gasteiger partial charge >= 0.3 is 0 Å². The summed E-state index contributed by atoms with van der Waals surface area (Å²) < 4.78 is 5.82. The number of methoxy groups -OCH3 is 1. The van der Waals surface area contributed by atoms with Gasteiger partial charge < -0.3 is 10.1 Å². The molecule has 0 radical (unpaired) electrons. The van der Waals surface area contributed by atoms with E-state index in [2.05, 4.69) is 26.2 Å². The van der Waals surface area contributed by atoms with Crippen LogP contribution in [-0.4, -0.2) is 18.0 Å². The van der Waals surface area contributed by atoms with Gasteiger partial charge in [-0.1, -0.05) is 11.6 Å². The van der Waals surface area contributed by atoms with E-state index in [1.165, 1.54) is 6.20 Å². The van der Waals surface area contributed by atoms with Crippen molar-refractivity contribution < 1.29 is 9.53 Å². The quantitative estimate of drug-likeness (QED) is 0.925. The van der Waals surface area contributed by atoms with E-state index in [0.29, 0.717) is 26.5 Å². The number of anilines is 1. The monoisotopic (exact) mass is 340 g/mol. The number of rotatable bonds is 3. The molecule has 4 nitrogen and oxygen atoms in total. The molecule has 0 atom stereocenters. The molecule has 0 fully saturated rings. The van der Waals surface area contributed by atoms with E-state index in [-0.39, 0.29) is 5.91 Å². The number of halogens is 2. The summed E-state index contributed by atoms with van der Waals surface area (Å²) >= 11 is 9.28. The summed E-state index contributed by atoms with van der Waals surface area (Å²) in [6.45, 7) is 0. The summed E-state index contributed by atoms with van der Waals surface area (Å²) in [5.41, 5.74) is 0.966. The van der Waals surface area contributed by atoms with E-state index < -0.39 is 0 Å². The Balaban J connectivity index is 2.21. The lowest BCUT2D eigenvalue weighted by Crippen LogP contribution is -2.12. The molecule has 0 aliphatic carbocycles. The highest BCUT2D eigenvalue weighted by atomic mass is 79.9. The van der Waals surface area contributed by atoms with Crippen molar-refractivity contribution in [2.24, 2.45) is 0 Å². The predicted octanol–water partition coefficient (Wildman–Crippen LogP) is 3.76. The molecular weight excluding hydrogens is 332 g/mol. The second-order valence-electron chi connectivity index (χ2n) is 3.66. The molecule has 19 heavy (non-hydrogen) atoms. The number of carbonyl (C=O) groups excluding carboxylic acids is 1. The highest BCUT2D eigenvalue weighted by Crippen LogP contribution is 2.26. The Morgan fingerprint density at radius 2 is 2.21 bits per heavy atom. The number of ether oxygens (including phenoxy) is 1. The normalized spacial score (nSPS) is 10.1. The minimum atomic E-state index is -0.266. The lowest BCUT2D eigenvalue weighted by atomic mass is 10.2. The highest BCUT2D eigenvalue weighted by Gasteiger charge is 2.10. The Hall–Kier alpha value is -1.59. The molecular formula is C13H10BrClN2O2. The van der Waals surface area contributed by atoms with Gasteiger partial charge in [-0.3, -0.25) is 9.78 Å². The second kappa shape index (κ2) is 6.04. The fourth-order valence-electron chi connectivity index (χ4n) is 1.47. The average Bonchev–Trinajstić information content (AvgIpc) is 2.41. The molecule has 1 aromatic carbocycles. The van der Waals surface area contributed by atoms with Crippen LogP contribution in [0.1, 0.15) is 10.4 Å². The lowest BCUT2D eigenvalue weighted by Gasteiger charge is -2.08. The van der Waals surface area contributed by atoms with Gasteiger partial charge in [-0.2, -0.15) is 0 Å². The molecule has 1 N–H and O–H groups in total. The molecule has 1 heterocycles. The van der Waals surface area contributed by atoms with Gasteiger partial charge in [0.2, 0.25) is 0 Å². The van der Waals surface area contributed by atoms with Gasteiger partial charge in [0.05, 0.1) is 28.5 Å². The van der Waals surface area contributed by atoms with Gasteiger partial charge in [0, 0.05) is 11.8 Å². The van der Waals surface area contributed by atoms with Crippen molar-refractivity contribution in [2.75, 3.05) is 12.4 Å². The molecule has 0 saturated heterocycles. The molecule has 0 bridgehead atoms. The van der Waals surface area contributed by atoms with Crippen LogP contribution in [0.4, 0.5) is 5.69 Å². The second-order valence-corrected chi connectivity index (χ2v) is 4.92. The number of hydrogen-bond acceptors (Lipinski definition) is 3. The number of carbonyl (C=O) groups is 1. The maximum absolute atomic E-state index is 12.1. The van der Waals surface area contributed by atoms with Gasteiger partial charge in [0.25, 0.3) is 5.91 Å². The topological polar surface area (TPSA) is 51.2 Å². The fourth-order valence-corrected chi connectivity index (χ4v) is 2.16. The minimum Gasteiger partial charge on any atom is -0.496 e. The number of hydrogen-bond donors (Lipinski definition) is 1. The van der Waals surface area contributed by atoms with Crippen molar-refractivity contribution in [3.05, 3.63) is 51.7 Å². The average molecular weight is 342 g/mol. The first kappa shape index (κ1) is 13.8. The molecule has 0 unspecified atom stereocenters. The van der Waals surface area contributed by atoms with Crippen LogP contribution in [0.2, 0.25) is 5.02 Å². The van der Waals surface area contributed by atoms with Crippen molar-refractivity contribution in [1.82, 2.24) is 4.98 Å². The molecule has 98 valence electrons. The van der Waals surface area contributed by atoms with Crippen molar-refractivity contribution in [1.29, 1.82) is 0 Å². The van der Waals surface area contributed by atoms with Crippen LogP contribution < -0.4 is 10.1 Å². The van der Waals surface area contributed by atoms with E-state index in [1.807, 2.05) is 0 Å². The van der Waals surface area contributed by atoms with E-state index in [9.17, 15) is 4.79 Å². The fraction of sp³-hybridized carbons (Fsp3) is 0.0769. The van der Waals surface area contributed by atoms with E-state index in [1.54, 1.807) is 37.6 Å². The van der Waals surface area contributed by atoms with E-state index in [0.717, 1.165) is 0 Å². The van der Waals surface area contributed by atoms with Crippen molar-refractivity contribution in [2.45, 2.75) is 0 Å². The highest BCUT2D eigenvalue weighted by molar-refractivity contribution is 9.10. The van der Waals surface area contributed by atoms with Gasteiger partial charge in [-0.05, 0) is 40.2 Å². The van der Waals surface area contributed by atoms with Crippen molar-refractivity contribution >= 4 is 39.1 Å². The summed E-state index contributed by atoms with van der Waals surface area (Å²) in [5.74, 6) is 0.397. The zero-order chi connectivity index (χ0) is 13.8. The Bertz CT molecular complexity index is 619. The molecule has 1 amide bonds. The van der Waals surface area contributed by atoms with Crippen LogP contribution in [0.25, 0.3) is 0 Å². The van der Waals surface area contributed by atoms with Crippen LogP contribution in [0, 0.1) is 0 Å². The number of benzene rings is 1. The Kier molecular flexibility index (Phi) is 4.39. The van der Waals surface area contributed by atoms with Crippen LogP contribution in [0.15, 0.2) is 41.1 Å². The van der Waals surface area contributed by atoms with Crippen LogP contribution in [0.3, 0.4) is 0 Å². The Morgan fingerprint density at radius 3 is 2.84 bits per heavy atom. The smallest absolute Gasteiger partial charge is 0.255 e. The third-order valence-corrected chi connectivity index (χ3v) is 3.38.